The average molecular weight is 272 g/mol. The van der Waals surface area contributed by atoms with Gasteiger partial charge in [-0.3, -0.25) is 0 Å². The van der Waals surface area contributed by atoms with Crippen LogP contribution in [0.25, 0.3) is 0 Å². The van der Waals surface area contributed by atoms with Crippen LogP contribution < -0.4 is 4.74 Å². The molecule has 0 bridgehead atoms. The average Bonchev–Trinajstić information content (AvgIpc) is 2.85. The lowest BCUT2D eigenvalue weighted by atomic mass is 9.85. The van der Waals surface area contributed by atoms with E-state index < -0.39 is 0 Å². The second-order valence-corrected chi connectivity index (χ2v) is 5.39. The van der Waals surface area contributed by atoms with Crippen LogP contribution in [0.15, 0.2) is 28.7 Å². The molecule has 1 aliphatic carbocycles. The third kappa shape index (κ3) is 2.55. The van der Waals surface area contributed by atoms with E-state index >= 15 is 0 Å². The molecule has 1 fully saturated rings. The Balaban J connectivity index is 1.76. The van der Waals surface area contributed by atoms with E-state index in [1.54, 1.807) is 0 Å². The number of ether oxygens (including phenoxy) is 1. The molecule has 3 rings (SSSR count). The SMILES string of the molecule is CCC(Oc1ccccc1C)c1nnc(C2CCC2)o1. The van der Waals surface area contributed by atoms with Gasteiger partial charge >= 0.3 is 0 Å². The first-order valence-corrected chi connectivity index (χ1v) is 7.33. The third-order valence-electron chi connectivity index (χ3n) is 3.92. The number of benzene rings is 1. The Kier molecular flexibility index (Phi) is 3.72. The van der Waals surface area contributed by atoms with Gasteiger partial charge in [0.25, 0.3) is 5.89 Å². The zero-order chi connectivity index (χ0) is 13.9. The first-order valence-electron chi connectivity index (χ1n) is 7.33. The van der Waals surface area contributed by atoms with Gasteiger partial charge in [0.15, 0.2) is 6.10 Å². The molecule has 1 atom stereocenters. The van der Waals surface area contributed by atoms with Crippen molar-refractivity contribution in [2.45, 2.75) is 51.6 Å². The van der Waals surface area contributed by atoms with Gasteiger partial charge in [-0.25, -0.2) is 0 Å². The van der Waals surface area contributed by atoms with Gasteiger partial charge in [-0.2, -0.15) is 0 Å². The summed E-state index contributed by atoms with van der Waals surface area (Å²) < 4.78 is 11.8. The van der Waals surface area contributed by atoms with Gasteiger partial charge < -0.3 is 9.15 Å². The predicted molar refractivity (Wildman–Crippen MR) is 75.7 cm³/mol. The van der Waals surface area contributed by atoms with E-state index in [2.05, 4.69) is 17.1 Å². The number of aromatic nitrogens is 2. The number of hydrogen-bond acceptors (Lipinski definition) is 4. The van der Waals surface area contributed by atoms with E-state index in [1.165, 1.54) is 6.42 Å². The molecular formula is C16H20N2O2. The molecule has 0 aliphatic heterocycles. The Morgan fingerprint density at radius 3 is 2.75 bits per heavy atom. The Morgan fingerprint density at radius 1 is 1.30 bits per heavy atom. The molecule has 1 saturated carbocycles. The van der Waals surface area contributed by atoms with Crippen molar-refractivity contribution in [2.75, 3.05) is 0 Å². The lowest BCUT2D eigenvalue weighted by Crippen LogP contribution is -2.09. The van der Waals surface area contributed by atoms with Crippen LogP contribution in [-0.4, -0.2) is 10.2 Å². The number of nitrogens with zero attached hydrogens (tertiary/aromatic N) is 2. The van der Waals surface area contributed by atoms with Crippen molar-refractivity contribution >= 4 is 0 Å². The molecule has 1 aliphatic rings. The highest BCUT2D eigenvalue weighted by molar-refractivity contribution is 5.32. The largest absolute Gasteiger partial charge is 0.480 e. The topological polar surface area (TPSA) is 48.2 Å². The summed E-state index contributed by atoms with van der Waals surface area (Å²) in [7, 11) is 0. The minimum atomic E-state index is -0.169. The number of para-hydroxylation sites is 1. The molecule has 1 aromatic carbocycles. The van der Waals surface area contributed by atoms with E-state index in [9.17, 15) is 0 Å². The molecule has 1 unspecified atom stereocenters. The van der Waals surface area contributed by atoms with E-state index in [0.29, 0.717) is 11.8 Å². The zero-order valence-corrected chi connectivity index (χ0v) is 12.0. The van der Waals surface area contributed by atoms with Crippen molar-refractivity contribution in [3.63, 3.8) is 0 Å². The highest BCUT2D eigenvalue weighted by atomic mass is 16.5. The maximum atomic E-state index is 6.03. The summed E-state index contributed by atoms with van der Waals surface area (Å²) in [6.45, 7) is 4.10. The summed E-state index contributed by atoms with van der Waals surface area (Å²) in [6, 6.07) is 7.99. The first kappa shape index (κ1) is 13.2. The smallest absolute Gasteiger partial charge is 0.256 e. The summed E-state index contributed by atoms with van der Waals surface area (Å²) in [6.07, 6.45) is 4.23. The quantitative estimate of drug-likeness (QED) is 0.819. The summed E-state index contributed by atoms with van der Waals surface area (Å²) in [4.78, 5) is 0. The highest BCUT2D eigenvalue weighted by Gasteiger charge is 2.27. The second-order valence-electron chi connectivity index (χ2n) is 5.39. The van der Waals surface area contributed by atoms with Crippen LogP contribution in [0.1, 0.15) is 62.0 Å². The fourth-order valence-electron chi connectivity index (χ4n) is 2.35. The van der Waals surface area contributed by atoms with Gasteiger partial charge in [0.05, 0.1) is 0 Å². The molecule has 0 saturated heterocycles. The Labute approximate surface area is 119 Å². The van der Waals surface area contributed by atoms with Crippen LogP contribution in [-0.2, 0) is 0 Å². The molecule has 1 aromatic heterocycles. The fraction of sp³-hybridized carbons (Fsp3) is 0.500. The summed E-state index contributed by atoms with van der Waals surface area (Å²) in [5.74, 6) is 2.71. The Morgan fingerprint density at radius 2 is 2.10 bits per heavy atom. The lowest BCUT2D eigenvalue weighted by molar-refractivity contribution is 0.159. The molecule has 106 valence electrons. The molecular weight excluding hydrogens is 252 g/mol. The van der Waals surface area contributed by atoms with Crippen LogP contribution in [0.3, 0.4) is 0 Å². The van der Waals surface area contributed by atoms with Gasteiger partial charge in [0, 0.05) is 5.92 Å². The third-order valence-corrected chi connectivity index (χ3v) is 3.92. The first-order chi connectivity index (χ1) is 9.78. The van der Waals surface area contributed by atoms with Crippen LogP contribution in [0, 0.1) is 6.92 Å². The van der Waals surface area contributed by atoms with Crippen LogP contribution >= 0.6 is 0 Å². The van der Waals surface area contributed by atoms with Crippen LogP contribution in [0.2, 0.25) is 0 Å². The van der Waals surface area contributed by atoms with Crippen molar-refractivity contribution in [3.8, 4) is 5.75 Å². The van der Waals surface area contributed by atoms with Crippen molar-refractivity contribution < 1.29 is 9.15 Å². The van der Waals surface area contributed by atoms with Crippen molar-refractivity contribution in [2.24, 2.45) is 0 Å². The van der Waals surface area contributed by atoms with Gasteiger partial charge in [-0.1, -0.05) is 31.5 Å². The molecule has 0 radical (unpaired) electrons. The zero-order valence-electron chi connectivity index (χ0n) is 12.0. The van der Waals surface area contributed by atoms with Crippen LogP contribution in [0.5, 0.6) is 5.75 Å². The van der Waals surface area contributed by atoms with Crippen molar-refractivity contribution in [3.05, 3.63) is 41.6 Å². The molecule has 0 amide bonds. The fourth-order valence-corrected chi connectivity index (χ4v) is 2.35. The number of hydrogen-bond donors (Lipinski definition) is 0. The molecule has 0 N–H and O–H groups in total. The minimum absolute atomic E-state index is 0.169. The summed E-state index contributed by atoms with van der Waals surface area (Å²) in [5, 5.41) is 8.35. The summed E-state index contributed by atoms with van der Waals surface area (Å²) in [5.41, 5.74) is 1.12. The van der Waals surface area contributed by atoms with Crippen molar-refractivity contribution in [1.29, 1.82) is 0 Å². The molecule has 1 heterocycles. The van der Waals surface area contributed by atoms with E-state index in [-0.39, 0.29) is 6.10 Å². The molecule has 0 spiro atoms. The molecule has 4 heteroatoms. The maximum absolute atomic E-state index is 6.03. The monoisotopic (exact) mass is 272 g/mol. The highest BCUT2D eigenvalue weighted by Crippen LogP contribution is 2.36. The Bertz CT molecular complexity index is 575. The number of rotatable bonds is 5. The van der Waals surface area contributed by atoms with Gasteiger partial charge in [-0.15, -0.1) is 10.2 Å². The van der Waals surface area contributed by atoms with Crippen molar-refractivity contribution in [1.82, 2.24) is 10.2 Å². The maximum Gasteiger partial charge on any atom is 0.256 e. The Hall–Kier alpha value is -1.84. The normalized spacial score (nSPS) is 16.7. The summed E-state index contributed by atoms with van der Waals surface area (Å²) >= 11 is 0. The molecule has 4 nitrogen and oxygen atoms in total. The second kappa shape index (κ2) is 5.65. The molecule has 2 aromatic rings. The van der Waals surface area contributed by atoms with Crippen LogP contribution in [0.4, 0.5) is 0 Å². The predicted octanol–water partition coefficient (Wildman–Crippen LogP) is 4.18. The minimum Gasteiger partial charge on any atom is -0.480 e. The lowest BCUT2D eigenvalue weighted by Gasteiger charge is -2.21. The van der Waals surface area contributed by atoms with Gasteiger partial charge in [-0.05, 0) is 37.8 Å². The van der Waals surface area contributed by atoms with Gasteiger partial charge in [0.2, 0.25) is 5.89 Å². The number of aryl methyl sites for hydroxylation is 1. The standard InChI is InChI=1S/C16H20N2O2/c1-3-13(19-14-10-5-4-7-11(14)2)16-18-17-15(20-16)12-8-6-9-12/h4-5,7,10,12-13H,3,6,8-9H2,1-2H3. The van der Waals surface area contributed by atoms with E-state index in [4.69, 9.17) is 9.15 Å². The van der Waals surface area contributed by atoms with E-state index in [0.717, 1.165) is 36.5 Å². The van der Waals surface area contributed by atoms with Gasteiger partial charge in [0.1, 0.15) is 5.75 Å². The van der Waals surface area contributed by atoms with E-state index in [1.807, 2.05) is 31.2 Å². The molecule has 20 heavy (non-hydrogen) atoms.